The molecule has 0 spiro atoms. The number of rotatable bonds is 7. The van der Waals surface area contributed by atoms with Crippen molar-refractivity contribution in [2.45, 2.75) is 13.0 Å². The predicted octanol–water partition coefficient (Wildman–Crippen LogP) is 3.00. The van der Waals surface area contributed by atoms with Crippen molar-refractivity contribution in [1.82, 2.24) is 10.2 Å². The Hall–Kier alpha value is -2.93. The van der Waals surface area contributed by atoms with E-state index < -0.39 is 4.92 Å². The quantitative estimate of drug-likeness (QED) is 0.599. The van der Waals surface area contributed by atoms with Crippen LogP contribution in [0.15, 0.2) is 42.5 Å². The fourth-order valence-corrected chi connectivity index (χ4v) is 2.89. The van der Waals surface area contributed by atoms with Gasteiger partial charge >= 0.3 is 0 Å². The molecule has 7 heteroatoms. The van der Waals surface area contributed by atoms with E-state index in [1.165, 1.54) is 12.1 Å². The average molecular weight is 370 g/mol. The van der Waals surface area contributed by atoms with E-state index in [9.17, 15) is 14.9 Å². The lowest BCUT2D eigenvalue weighted by molar-refractivity contribution is -0.385. The van der Waals surface area contributed by atoms with Crippen molar-refractivity contribution < 1.29 is 9.72 Å². The van der Waals surface area contributed by atoms with Gasteiger partial charge in [0.15, 0.2) is 0 Å². The van der Waals surface area contributed by atoms with E-state index in [2.05, 4.69) is 17.4 Å². The number of hydrogen-bond donors (Lipinski definition) is 1. The molecule has 0 saturated carbocycles. The van der Waals surface area contributed by atoms with E-state index in [4.69, 9.17) is 0 Å². The molecule has 0 aliphatic carbocycles. The summed E-state index contributed by atoms with van der Waals surface area (Å²) in [5, 5.41) is 13.8. The first-order valence-electron chi connectivity index (χ1n) is 8.67. The maximum absolute atomic E-state index is 12.5. The minimum Gasteiger partial charge on any atom is -0.378 e. The number of likely N-dealkylation sites (N-methyl/N-ethyl adjacent to an activating group) is 1. The van der Waals surface area contributed by atoms with Crippen molar-refractivity contribution in [3.8, 4) is 0 Å². The first-order chi connectivity index (χ1) is 12.7. The Morgan fingerprint density at radius 3 is 2.22 bits per heavy atom. The molecule has 0 unspecified atom stereocenters. The standard InChI is InChI=1S/C20H26N4O3/c1-14-12-16(8-11-18(14)24(26)27)20(25)21-13-19(23(4)5)15-6-9-17(10-7-15)22(2)3/h6-12,19H,13H2,1-5H3,(H,21,25)/t19-/m1/s1. The van der Waals surface area contributed by atoms with E-state index in [1.807, 2.05) is 50.1 Å². The fourth-order valence-electron chi connectivity index (χ4n) is 2.89. The lowest BCUT2D eigenvalue weighted by Gasteiger charge is -2.26. The van der Waals surface area contributed by atoms with Crippen LogP contribution in [0.4, 0.5) is 11.4 Å². The highest BCUT2D eigenvalue weighted by Crippen LogP contribution is 2.22. The molecule has 7 nitrogen and oxygen atoms in total. The molecule has 1 atom stereocenters. The number of aryl methyl sites for hydroxylation is 1. The van der Waals surface area contributed by atoms with Gasteiger partial charge in [0, 0.05) is 43.5 Å². The molecule has 27 heavy (non-hydrogen) atoms. The van der Waals surface area contributed by atoms with Gasteiger partial charge in [0.2, 0.25) is 0 Å². The maximum atomic E-state index is 12.5. The van der Waals surface area contributed by atoms with Gasteiger partial charge in [0.1, 0.15) is 0 Å². The summed E-state index contributed by atoms with van der Waals surface area (Å²) in [5.74, 6) is -0.246. The Morgan fingerprint density at radius 1 is 1.11 bits per heavy atom. The van der Waals surface area contributed by atoms with Gasteiger partial charge in [-0.05, 0) is 50.8 Å². The Labute approximate surface area is 159 Å². The molecule has 144 valence electrons. The number of nitrogens with one attached hydrogen (secondary N) is 1. The minimum absolute atomic E-state index is 0.0127. The third-order valence-corrected chi connectivity index (χ3v) is 4.53. The summed E-state index contributed by atoms with van der Waals surface area (Å²) in [6.45, 7) is 2.06. The first-order valence-corrected chi connectivity index (χ1v) is 8.67. The van der Waals surface area contributed by atoms with Crippen LogP contribution in [-0.2, 0) is 0 Å². The van der Waals surface area contributed by atoms with Crippen molar-refractivity contribution >= 4 is 17.3 Å². The van der Waals surface area contributed by atoms with Crippen molar-refractivity contribution in [2.24, 2.45) is 0 Å². The molecule has 0 saturated heterocycles. The van der Waals surface area contributed by atoms with Gasteiger partial charge in [-0.1, -0.05) is 12.1 Å². The normalized spacial score (nSPS) is 11.9. The fraction of sp³-hybridized carbons (Fsp3) is 0.350. The topological polar surface area (TPSA) is 78.7 Å². The summed E-state index contributed by atoms with van der Waals surface area (Å²) < 4.78 is 0. The van der Waals surface area contributed by atoms with E-state index in [0.29, 0.717) is 17.7 Å². The number of benzene rings is 2. The molecule has 0 radical (unpaired) electrons. The van der Waals surface area contributed by atoms with Gasteiger partial charge in [-0.15, -0.1) is 0 Å². The van der Waals surface area contributed by atoms with Crippen LogP contribution < -0.4 is 10.2 Å². The van der Waals surface area contributed by atoms with Crippen LogP contribution >= 0.6 is 0 Å². The van der Waals surface area contributed by atoms with Crippen LogP contribution in [0.3, 0.4) is 0 Å². The van der Waals surface area contributed by atoms with E-state index in [1.54, 1.807) is 13.0 Å². The number of hydrogen-bond acceptors (Lipinski definition) is 5. The third kappa shape index (κ3) is 5.04. The van der Waals surface area contributed by atoms with Crippen LogP contribution in [0, 0.1) is 17.0 Å². The molecule has 0 fully saturated rings. The number of amides is 1. The Bertz CT molecular complexity index is 816. The van der Waals surface area contributed by atoms with Gasteiger partial charge in [-0.3, -0.25) is 14.9 Å². The summed E-state index contributed by atoms with van der Waals surface area (Å²) in [7, 11) is 7.91. The highest BCUT2D eigenvalue weighted by molar-refractivity contribution is 5.94. The van der Waals surface area contributed by atoms with Gasteiger partial charge < -0.3 is 15.1 Å². The van der Waals surface area contributed by atoms with Crippen molar-refractivity contribution in [2.75, 3.05) is 39.6 Å². The van der Waals surface area contributed by atoms with Gasteiger partial charge in [-0.2, -0.15) is 0 Å². The first kappa shape index (κ1) is 20.4. The monoisotopic (exact) mass is 370 g/mol. The van der Waals surface area contributed by atoms with E-state index >= 15 is 0 Å². The second kappa shape index (κ2) is 8.64. The Balaban J connectivity index is 2.10. The lowest BCUT2D eigenvalue weighted by Crippen LogP contribution is -2.34. The highest BCUT2D eigenvalue weighted by atomic mass is 16.6. The Kier molecular flexibility index (Phi) is 6.52. The number of nitro groups is 1. The molecule has 2 aromatic carbocycles. The van der Waals surface area contributed by atoms with Crippen LogP contribution in [0.2, 0.25) is 0 Å². The molecule has 0 aliphatic rings. The number of nitrogens with zero attached hydrogens (tertiary/aromatic N) is 3. The third-order valence-electron chi connectivity index (χ3n) is 4.53. The zero-order valence-corrected chi connectivity index (χ0v) is 16.4. The molecular weight excluding hydrogens is 344 g/mol. The Morgan fingerprint density at radius 2 is 1.74 bits per heavy atom. The van der Waals surface area contributed by atoms with Crippen LogP contribution in [0.5, 0.6) is 0 Å². The summed E-state index contributed by atoms with van der Waals surface area (Å²) in [4.78, 5) is 27.0. The van der Waals surface area contributed by atoms with Gasteiger partial charge in [0.05, 0.1) is 11.0 Å². The lowest BCUT2D eigenvalue weighted by atomic mass is 10.0. The summed E-state index contributed by atoms with van der Waals surface area (Å²) >= 11 is 0. The van der Waals surface area contributed by atoms with Crippen molar-refractivity contribution in [3.05, 3.63) is 69.3 Å². The molecule has 2 rings (SSSR count). The molecule has 0 aliphatic heterocycles. The zero-order chi connectivity index (χ0) is 20.1. The summed E-state index contributed by atoms with van der Waals surface area (Å²) in [6, 6.07) is 12.6. The second-order valence-electron chi connectivity index (χ2n) is 6.93. The minimum atomic E-state index is -0.448. The molecule has 0 heterocycles. The number of carbonyl (C=O) groups is 1. The maximum Gasteiger partial charge on any atom is 0.272 e. The highest BCUT2D eigenvalue weighted by Gasteiger charge is 2.18. The average Bonchev–Trinajstić information content (AvgIpc) is 2.61. The smallest absolute Gasteiger partial charge is 0.272 e. The largest absolute Gasteiger partial charge is 0.378 e. The molecule has 0 aromatic heterocycles. The van der Waals surface area contributed by atoms with Crippen molar-refractivity contribution in [3.63, 3.8) is 0 Å². The predicted molar refractivity (Wildman–Crippen MR) is 107 cm³/mol. The van der Waals surface area contributed by atoms with Crippen LogP contribution in [0.25, 0.3) is 0 Å². The zero-order valence-electron chi connectivity index (χ0n) is 16.4. The van der Waals surface area contributed by atoms with Gasteiger partial charge in [0.25, 0.3) is 11.6 Å². The number of nitro benzene ring substituents is 1. The summed E-state index contributed by atoms with van der Waals surface area (Å²) in [5.41, 5.74) is 3.11. The van der Waals surface area contributed by atoms with E-state index in [-0.39, 0.29) is 17.6 Å². The molecule has 0 bridgehead atoms. The second-order valence-corrected chi connectivity index (χ2v) is 6.93. The molecule has 1 amide bonds. The van der Waals surface area contributed by atoms with Crippen LogP contribution in [0.1, 0.15) is 27.5 Å². The summed E-state index contributed by atoms with van der Waals surface area (Å²) in [6.07, 6.45) is 0. The molecule has 2 aromatic rings. The number of anilines is 1. The molecular formula is C20H26N4O3. The SMILES string of the molecule is Cc1cc(C(=O)NC[C@H](c2ccc(N(C)C)cc2)N(C)C)ccc1[N+](=O)[O-]. The molecule has 1 N–H and O–H groups in total. The van der Waals surface area contributed by atoms with Crippen molar-refractivity contribution in [1.29, 1.82) is 0 Å². The van der Waals surface area contributed by atoms with Crippen LogP contribution in [-0.4, -0.2) is 50.5 Å². The number of carbonyl (C=O) groups excluding carboxylic acids is 1. The van der Waals surface area contributed by atoms with E-state index in [0.717, 1.165) is 11.3 Å². The van der Waals surface area contributed by atoms with Gasteiger partial charge in [-0.25, -0.2) is 0 Å².